The first-order valence-electron chi connectivity index (χ1n) is 17.7. The minimum absolute atomic E-state index is 0.0591. The molecule has 0 saturated carbocycles. The van der Waals surface area contributed by atoms with Crippen molar-refractivity contribution in [3.8, 4) is 22.3 Å². The van der Waals surface area contributed by atoms with E-state index in [0.717, 1.165) is 0 Å². The zero-order valence-corrected chi connectivity index (χ0v) is 34.3. The van der Waals surface area contributed by atoms with E-state index in [1.165, 1.54) is 82.8 Å². The molecule has 4 heteroatoms. The molecule has 6 aromatic rings. The van der Waals surface area contributed by atoms with E-state index in [9.17, 15) is 0 Å². The van der Waals surface area contributed by atoms with Crippen LogP contribution >= 0.6 is 17.0 Å². The molecule has 245 valence electrons. The van der Waals surface area contributed by atoms with Crippen LogP contribution in [0.5, 0.6) is 0 Å². The van der Waals surface area contributed by atoms with E-state index in [0.29, 0.717) is 5.92 Å². The normalized spacial score (nSPS) is 18.0. The van der Waals surface area contributed by atoms with Crippen molar-refractivity contribution in [3.05, 3.63) is 154 Å². The number of allylic oxidation sites excluding steroid dienone is 2. The van der Waals surface area contributed by atoms with Gasteiger partial charge in [-0.25, -0.2) is 0 Å². The molecule has 0 saturated heterocycles. The summed E-state index contributed by atoms with van der Waals surface area (Å²) in [5.41, 5.74) is 14.5. The SMILES string of the molecule is CC1=Cc2c(-c3cccc4ccccc34)ccc(C)c2[CH]1[Zr]([Cl])([Cl])([CH]1C(C(C)C)=Cc2c(-c3ccc4ccccc4c3)cccc21)[SiH](C)C. The van der Waals surface area contributed by atoms with Gasteiger partial charge in [0.1, 0.15) is 0 Å². The van der Waals surface area contributed by atoms with Crippen molar-refractivity contribution in [1.29, 1.82) is 0 Å². The first kappa shape index (κ1) is 33.2. The molecule has 2 atom stereocenters. The van der Waals surface area contributed by atoms with Crippen LogP contribution in [0.1, 0.15) is 55.8 Å². The molecule has 2 aliphatic rings. The summed E-state index contributed by atoms with van der Waals surface area (Å²) >= 11 is -4.90. The number of aryl methyl sites for hydroxylation is 1. The van der Waals surface area contributed by atoms with Gasteiger partial charge in [0, 0.05) is 0 Å². The fourth-order valence-electron chi connectivity index (χ4n) is 9.21. The van der Waals surface area contributed by atoms with Gasteiger partial charge >= 0.3 is 303 Å². The van der Waals surface area contributed by atoms with Gasteiger partial charge in [-0.3, -0.25) is 0 Å². The topological polar surface area (TPSA) is 0 Å². The van der Waals surface area contributed by atoms with Gasteiger partial charge in [-0.15, -0.1) is 0 Å². The summed E-state index contributed by atoms with van der Waals surface area (Å²) in [6, 6.07) is 42.4. The first-order chi connectivity index (χ1) is 23.5. The summed E-state index contributed by atoms with van der Waals surface area (Å²) in [7, 11) is 17.5. The fraction of sp³-hybridized carbons (Fsp3) is 0.200. The van der Waals surface area contributed by atoms with E-state index in [1.54, 1.807) is 0 Å². The van der Waals surface area contributed by atoms with E-state index in [4.69, 9.17) is 17.0 Å². The Bertz CT molecular complexity index is 2380. The second-order valence-corrected chi connectivity index (χ2v) is 57.6. The van der Waals surface area contributed by atoms with E-state index in [-0.39, 0.29) is 7.25 Å². The van der Waals surface area contributed by atoms with Crippen LogP contribution in [0.15, 0.2) is 126 Å². The molecule has 2 aliphatic carbocycles. The van der Waals surface area contributed by atoms with Gasteiger partial charge in [0.05, 0.1) is 0 Å². The van der Waals surface area contributed by atoms with Crippen LogP contribution < -0.4 is 0 Å². The van der Waals surface area contributed by atoms with Crippen LogP contribution in [0.4, 0.5) is 0 Å². The zero-order valence-electron chi connectivity index (χ0n) is 29.2. The molecular weight excluding hydrogens is 731 g/mol. The molecular formula is C45H43Cl2SiZr. The van der Waals surface area contributed by atoms with Crippen LogP contribution in [-0.4, -0.2) is 5.92 Å². The van der Waals surface area contributed by atoms with Crippen LogP contribution in [0.2, 0.25) is 13.1 Å². The molecule has 0 spiro atoms. The summed E-state index contributed by atoms with van der Waals surface area (Å²) in [6.45, 7) is 14.1. The molecule has 2 unspecified atom stereocenters. The Hall–Kier alpha value is -3.00. The monoisotopic (exact) mass is 771 g/mol. The van der Waals surface area contributed by atoms with Gasteiger partial charge < -0.3 is 0 Å². The van der Waals surface area contributed by atoms with Gasteiger partial charge in [0.25, 0.3) is 0 Å². The van der Waals surface area contributed by atoms with E-state index >= 15 is 0 Å². The fourth-order valence-corrected chi connectivity index (χ4v) is 41.5. The molecule has 8 rings (SSSR count). The van der Waals surface area contributed by atoms with Crippen LogP contribution in [-0.2, 0) is 15.6 Å². The maximum absolute atomic E-state index is 8.73. The van der Waals surface area contributed by atoms with Gasteiger partial charge in [-0.1, -0.05) is 0 Å². The number of benzene rings is 6. The number of fused-ring (bicyclic) bond motifs is 4. The number of rotatable bonds is 6. The van der Waals surface area contributed by atoms with Crippen LogP contribution in [0, 0.1) is 12.8 Å². The van der Waals surface area contributed by atoms with Gasteiger partial charge in [-0.2, -0.15) is 0 Å². The third kappa shape index (κ3) is 5.00. The quantitative estimate of drug-likeness (QED) is 0.148. The molecule has 6 aromatic carbocycles. The summed E-state index contributed by atoms with van der Waals surface area (Å²) in [5, 5.41) is 5.06. The second kappa shape index (κ2) is 12.1. The van der Waals surface area contributed by atoms with Crippen molar-refractivity contribution >= 4 is 56.6 Å². The molecule has 0 aliphatic heterocycles. The molecule has 0 nitrogen and oxygen atoms in total. The number of hydrogen-bond donors (Lipinski definition) is 0. The molecule has 0 N–H and O–H groups in total. The van der Waals surface area contributed by atoms with Crippen molar-refractivity contribution in [3.63, 3.8) is 0 Å². The van der Waals surface area contributed by atoms with Crippen molar-refractivity contribution in [2.24, 2.45) is 5.92 Å². The average Bonchev–Trinajstić information content (AvgIpc) is 3.68. The summed E-state index contributed by atoms with van der Waals surface area (Å²) in [6.07, 6.45) is 4.93. The van der Waals surface area contributed by atoms with Crippen LogP contribution in [0.3, 0.4) is 0 Å². The summed E-state index contributed by atoms with van der Waals surface area (Å²) in [4.78, 5) is 0. The maximum atomic E-state index is 8.73. The van der Waals surface area contributed by atoms with Crippen LogP contribution in [0.25, 0.3) is 56.0 Å². The predicted octanol–water partition coefficient (Wildman–Crippen LogP) is 13.9. The third-order valence-electron chi connectivity index (χ3n) is 11.7. The Balaban J connectivity index is 1.35. The van der Waals surface area contributed by atoms with Crippen molar-refractivity contribution < 1.29 is 15.6 Å². The summed E-state index contributed by atoms with van der Waals surface area (Å²) in [5.74, 6) is -1.34. The zero-order chi connectivity index (χ0) is 34.3. The molecule has 0 radical (unpaired) electrons. The Labute approximate surface area is 300 Å². The average molecular weight is 774 g/mol. The minimum atomic E-state index is -4.90. The molecule has 0 heterocycles. The Morgan fingerprint density at radius 3 is 2.04 bits per heavy atom. The van der Waals surface area contributed by atoms with Crippen molar-refractivity contribution in [1.82, 2.24) is 0 Å². The first-order valence-corrected chi connectivity index (χ1v) is 34.0. The number of halogens is 2. The predicted molar refractivity (Wildman–Crippen MR) is 216 cm³/mol. The van der Waals surface area contributed by atoms with E-state index in [2.05, 4.69) is 168 Å². The molecule has 49 heavy (non-hydrogen) atoms. The molecule has 0 fully saturated rings. The van der Waals surface area contributed by atoms with Crippen molar-refractivity contribution in [2.45, 2.75) is 48.0 Å². The molecule has 0 bridgehead atoms. The Kier molecular flexibility index (Phi) is 8.16. The van der Waals surface area contributed by atoms with Gasteiger partial charge in [-0.05, 0) is 0 Å². The Morgan fingerprint density at radius 2 is 1.29 bits per heavy atom. The number of hydrogen-bond acceptors (Lipinski definition) is 0. The van der Waals surface area contributed by atoms with Gasteiger partial charge in [0.15, 0.2) is 0 Å². The standard InChI is InChI=1S/C22H19.C21H17.C2H7Si.2ClH.Zr/c1-15(2)20-13-18-8-5-9-21(22(18)14-20)19-11-10-16-6-3-4-7-17(16)12-19;1-14-12-20-15(2)10-11-19(21(20)13-14)18-9-5-7-16-6-3-4-8-17(16)18;1-3-2;;;/h3-15H,1-2H3;3-13H,1-2H3;3H,1-2H3;2*1H;/q;;;;;+2/p-2. The Morgan fingerprint density at radius 1 is 0.612 bits per heavy atom. The summed E-state index contributed by atoms with van der Waals surface area (Å²) < 4.78 is 0.121. The molecule has 0 amide bonds. The third-order valence-corrected chi connectivity index (χ3v) is 63.6. The second-order valence-electron chi connectivity index (χ2n) is 15.1. The van der Waals surface area contributed by atoms with Crippen molar-refractivity contribution in [2.75, 3.05) is 0 Å². The van der Waals surface area contributed by atoms with E-state index in [1.807, 2.05) is 0 Å². The van der Waals surface area contributed by atoms with Gasteiger partial charge in [0.2, 0.25) is 0 Å². The van der Waals surface area contributed by atoms with E-state index < -0.39 is 21.5 Å². The molecule has 0 aromatic heterocycles.